The summed E-state index contributed by atoms with van der Waals surface area (Å²) < 4.78 is 36.3. The minimum Gasteiger partial charge on any atom is -0.492 e. The predicted molar refractivity (Wildman–Crippen MR) is 128 cm³/mol. The number of ether oxygens (including phenoxy) is 1. The summed E-state index contributed by atoms with van der Waals surface area (Å²) in [4.78, 5) is 15.8. The lowest BCUT2D eigenvalue weighted by Gasteiger charge is -2.21. The third-order valence-electron chi connectivity index (χ3n) is 5.02. The van der Waals surface area contributed by atoms with Gasteiger partial charge in [-0.15, -0.1) is 0 Å². The number of hydrogen-bond acceptors (Lipinski definition) is 12. The fourth-order valence-corrected chi connectivity index (χ4v) is 5.19. The van der Waals surface area contributed by atoms with E-state index in [2.05, 4.69) is 4.98 Å². The summed E-state index contributed by atoms with van der Waals surface area (Å²) in [6.45, 7) is 4.72. The van der Waals surface area contributed by atoms with Crippen LogP contribution in [-0.4, -0.2) is 67.3 Å². The van der Waals surface area contributed by atoms with Crippen molar-refractivity contribution in [2.75, 3.05) is 19.0 Å². The van der Waals surface area contributed by atoms with Gasteiger partial charge in [0.25, 0.3) is 0 Å². The molecule has 1 unspecified atom stereocenters. The number of phosphoric ester groups is 1. The van der Waals surface area contributed by atoms with Gasteiger partial charge in [0, 0.05) is 11.2 Å². The summed E-state index contributed by atoms with van der Waals surface area (Å²) >= 11 is 1.03. The zero-order valence-electron chi connectivity index (χ0n) is 19.9. The van der Waals surface area contributed by atoms with Crippen LogP contribution >= 0.6 is 19.6 Å². The van der Waals surface area contributed by atoms with Crippen molar-refractivity contribution >= 4 is 24.7 Å². The standard InChI is InChI=1S/C22H28N3O9PS/c1-22(2,3)21(29)36-10-9-31-35(30,34-14-7-5-4-6-8-14)32-12-16-17(26)18(27)20(33-16)25-13-24-15(11-23)19(25)28/h4-8,13,16-18,20,26-28H,9-10,12H2,1-3H3/t16-,17-,18-,20-,35?/m1/s1. The predicted octanol–water partition coefficient (Wildman–Crippen LogP) is 2.61. The molecule has 0 spiro atoms. The number of rotatable bonds is 10. The molecule has 0 bridgehead atoms. The van der Waals surface area contributed by atoms with Crippen LogP contribution in [0.2, 0.25) is 0 Å². The molecule has 0 radical (unpaired) electrons. The number of hydrogen-bond donors (Lipinski definition) is 3. The first-order chi connectivity index (χ1) is 16.9. The molecule has 196 valence electrons. The van der Waals surface area contributed by atoms with Gasteiger partial charge < -0.3 is 24.6 Å². The van der Waals surface area contributed by atoms with E-state index in [1.165, 1.54) is 0 Å². The van der Waals surface area contributed by atoms with Crippen LogP contribution in [0.25, 0.3) is 0 Å². The fraction of sp³-hybridized carbons (Fsp3) is 0.500. The summed E-state index contributed by atoms with van der Waals surface area (Å²) in [5, 5.41) is 39.8. The lowest BCUT2D eigenvalue weighted by Crippen LogP contribution is -2.33. The molecule has 1 fully saturated rings. The van der Waals surface area contributed by atoms with E-state index in [0.717, 1.165) is 22.7 Å². The number of aliphatic hydroxyl groups is 2. The number of imidazole rings is 1. The Morgan fingerprint density at radius 2 is 1.94 bits per heavy atom. The van der Waals surface area contributed by atoms with E-state index in [4.69, 9.17) is 23.6 Å². The van der Waals surface area contributed by atoms with Crippen molar-refractivity contribution in [3.05, 3.63) is 42.4 Å². The molecule has 0 saturated carbocycles. The van der Waals surface area contributed by atoms with E-state index in [1.54, 1.807) is 57.2 Å². The molecule has 1 saturated heterocycles. The number of aliphatic hydroxyl groups excluding tert-OH is 2. The third-order valence-corrected chi connectivity index (χ3v) is 7.66. The molecule has 2 heterocycles. The molecular formula is C22H28N3O9PS. The maximum atomic E-state index is 13.4. The topological polar surface area (TPSA) is 173 Å². The second-order valence-electron chi connectivity index (χ2n) is 8.85. The number of thioether (sulfide) groups is 1. The number of phosphoric acid groups is 1. The van der Waals surface area contributed by atoms with Gasteiger partial charge in [-0.3, -0.25) is 18.4 Å². The molecular weight excluding hydrogens is 513 g/mol. The second-order valence-corrected chi connectivity index (χ2v) is 11.5. The van der Waals surface area contributed by atoms with Crippen LogP contribution in [0.3, 0.4) is 0 Å². The molecule has 0 amide bonds. The van der Waals surface area contributed by atoms with Gasteiger partial charge in [-0.1, -0.05) is 50.7 Å². The highest BCUT2D eigenvalue weighted by molar-refractivity contribution is 8.13. The van der Waals surface area contributed by atoms with E-state index in [-0.39, 0.29) is 28.9 Å². The van der Waals surface area contributed by atoms with Gasteiger partial charge in [0.1, 0.15) is 36.5 Å². The van der Waals surface area contributed by atoms with Gasteiger partial charge >= 0.3 is 7.82 Å². The Kier molecular flexibility index (Phi) is 9.18. The highest BCUT2D eigenvalue weighted by Crippen LogP contribution is 2.50. The van der Waals surface area contributed by atoms with Gasteiger partial charge in [0.2, 0.25) is 11.6 Å². The van der Waals surface area contributed by atoms with E-state index in [0.29, 0.717) is 0 Å². The van der Waals surface area contributed by atoms with Crippen LogP contribution in [0.5, 0.6) is 11.6 Å². The van der Waals surface area contributed by atoms with E-state index in [1.807, 2.05) is 0 Å². The zero-order chi connectivity index (χ0) is 26.5. The maximum absolute atomic E-state index is 13.4. The Balaban J connectivity index is 1.66. The molecule has 5 atom stereocenters. The number of para-hydroxylation sites is 1. The first kappa shape index (κ1) is 28.1. The molecule has 1 aliphatic rings. The SMILES string of the molecule is CC(C)(C)C(=O)SCCOP(=O)(OC[C@H]1O[C@@H](n2cnc(C#N)c2O)[C@H](O)[C@@H]1O)Oc1ccccc1. The molecule has 12 nitrogen and oxygen atoms in total. The molecule has 1 aromatic heterocycles. The third kappa shape index (κ3) is 6.86. The van der Waals surface area contributed by atoms with E-state index >= 15 is 0 Å². The Hall–Kier alpha value is -2.43. The van der Waals surface area contributed by atoms with Crippen molar-refractivity contribution in [3.8, 4) is 17.7 Å². The summed E-state index contributed by atoms with van der Waals surface area (Å²) in [6.07, 6.45) is -4.39. The van der Waals surface area contributed by atoms with Gasteiger partial charge in [-0.05, 0) is 12.1 Å². The largest absolute Gasteiger partial charge is 0.530 e. The normalized spacial score (nSPS) is 23.7. The number of aromatic nitrogens is 2. The lowest BCUT2D eigenvalue weighted by molar-refractivity contribution is -0.117. The van der Waals surface area contributed by atoms with E-state index in [9.17, 15) is 24.7 Å². The molecule has 1 aliphatic heterocycles. The molecule has 1 aromatic carbocycles. The lowest BCUT2D eigenvalue weighted by atomic mass is 10.00. The number of nitriles is 1. The van der Waals surface area contributed by atoms with Crippen LogP contribution in [0.1, 0.15) is 32.7 Å². The van der Waals surface area contributed by atoms with Crippen molar-refractivity contribution in [1.82, 2.24) is 9.55 Å². The van der Waals surface area contributed by atoms with Crippen LogP contribution < -0.4 is 4.52 Å². The van der Waals surface area contributed by atoms with Crippen LogP contribution in [0.15, 0.2) is 36.7 Å². The zero-order valence-corrected chi connectivity index (χ0v) is 21.6. The average molecular weight is 542 g/mol. The maximum Gasteiger partial charge on any atom is 0.530 e. The number of aromatic hydroxyl groups is 1. The Morgan fingerprint density at radius 1 is 1.25 bits per heavy atom. The van der Waals surface area contributed by atoms with Crippen molar-refractivity contribution < 1.29 is 43.0 Å². The molecule has 3 N–H and O–H groups in total. The summed E-state index contributed by atoms with van der Waals surface area (Å²) in [5.74, 6) is -0.136. The number of benzene rings is 1. The van der Waals surface area contributed by atoms with Gasteiger partial charge in [0.05, 0.1) is 13.2 Å². The monoisotopic (exact) mass is 541 g/mol. The fourth-order valence-electron chi connectivity index (χ4n) is 3.08. The summed E-state index contributed by atoms with van der Waals surface area (Å²) in [7, 11) is -4.25. The molecule has 3 rings (SSSR count). The smallest absolute Gasteiger partial charge is 0.492 e. The Morgan fingerprint density at radius 3 is 2.56 bits per heavy atom. The van der Waals surface area contributed by atoms with Crippen LogP contribution in [-0.2, 0) is 23.1 Å². The highest BCUT2D eigenvalue weighted by atomic mass is 32.2. The van der Waals surface area contributed by atoms with E-state index < -0.39 is 50.3 Å². The first-order valence-corrected chi connectivity index (χ1v) is 13.4. The molecule has 14 heteroatoms. The quantitative estimate of drug-likeness (QED) is 0.297. The van der Waals surface area contributed by atoms with Crippen LogP contribution in [0.4, 0.5) is 0 Å². The minimum absolute atomic E-state index is 0.0596. The van der Waals surface area contributed by atoms with Gasteiger partial charge in [-0.2, -0.15) is 5.26 Å². The molecule has 2 aromatic rings. The van der Waals surface area contributed by atoms with Crippen molar-refractivity contribution in [3.63, 3.8) is 0 Å². The number of carbonyl (C=O) groups excluding carboxylic acids is 1. The van der Waals surface area contributed by atoms with Crippen molar-refractivity contribution in [2.45, 2.75) is 45.3 Å². The summed E-state index contributed by atoms with van der Waals surface area (Å²) in [5.41, 5.74) is -0.826. The summed E-state index contributed by atoms with van der Waals surface area (Å²) in [6, 6.07) is 9.84. The number of carbonyl (C=O) groups is 1. The van der Waals surface area contributed by atoms with Gasteiger partial charge in [-0.25, -0.2) is 9.55 Å². The molecule has 0 aliphatic carbocycles. The van der Waals surface area contributed by atoms with Crippen molar-refractivity contribution in [2.24, 2.45) is 5.41 Å². The average Bonchev–Trinajstić information content (AvgIpc) is 3.34. The molecule has 36 heavy (non-hydrogen) atoms. The number of nitrogens with zero attached hydrogens (tertiary/aromatic N) is 3. The van der Waals surface area contributed by atoms with Crippen LogP contribution in [0, 0.1) is 16.7 Å². The Labute approximate surface area is 212 Å². The Bertz CT molecular complexity index is 1130. The first-order valence-electron chi connectivity index (χ1n) is 10.9. The minimum atomic E-state index is -4.25. The van der Waals surface area contributed by atoms with Crippen molar-refractivity contribution in [1.29, 1.82) is 5.26 Å². The second kappa shape index (κ2) is 11.7. The van der Waals surface area contributed by atoms with Gasteiger partial charge in [0.15, 0.2) is 11.3 Å². The highest BCUT2D eigenvalue weighted by Gasteiger charge is 2.46.